The summed E-state index contributed by atoms with van der Waals surface area (Å²) in [6.07, 6.45) is 5.45. The van der Waals surface area contributed by atoms with E-state index in [9.17, 15) is 0 Å². The summed E-state index contributed by atoms with van der Waals surface area (Å²) in [5, 5.41) is 10.7. The summed E-state index contributed by atoms with van der Waals surface area (Å²) in [5.74, 6) is 2.34. The average molecular weight is 567 g/mol. The predicted molar refractivity (Wildman–Crippen MR) is 169 cm³/mol. The predicted octanol–water partition coefficient (Wildman–Crippen LogP) is 8.59. The molecule has 8 aromatic rings. The zero-order valence-corrected chi connectivity index (χ0v) is 24.1. The minimum Gasteiger partial charge on any atom is -0.457 e. The summed E-state index contributed by atoms with van der Waals surface area (Å²) in [5.41, 5.74) is 6.24. The summed E-state index contributed by atoms with van der Waals surface area (Å²) in [6.45, 7) is 6.67. The first-order valence-electron chi connectivity index (χ1n) is 13.8. The Labute approximate surface area is 245 Å². The average Bonchev–Trinajstić information content (AvgIpc) is 3.69. The van der Waals surface area contributed by atoms with E-state index in [0.717, 1.165) is 54.4 Å². The van der Waals surface area contributed by atoms with E-state index < -0.39 is 0 Å². The molecule has 8 rings (SSSR count). The Morgan fingerprint density at radius 3 is 2.43 bits per heavy atom. The second-order valence-corrected chi connectivity index (χ2v) is 12.4. The number of fused-ring (bicyclic) bond motifs is 6. The maximum Gasteiger partial charge on any atom is 0.217 e. The van der Waals surface area contributed by atoms with E-state index >= 15 is 0 Å². The molecule has 3 aromatic carbocycles. The Morgan fingerprint density at radius 2 is 1.57 bits per heavy atom. The number of ether oxygens (including phenoxy) is 1. The molecule has 0 fully saturated rings. The van der Waals surface area contributed by atoms with Gasteiger partial charge in [-0.3, -0.25) is 14.0 Å². The second-order valence-electron chi connectivity index (χ2n) is 11.4. The van der Waals surface area contributed by atoms with Gasteiger partial charge in [0.15, 0.2) is 0 Å². The highest BCUT2D eigenvalue weighted by Crippen LogP contribution is 2.40. The highest BCUT2D eigenvalue weighted by molar-refractivity contribution is 7.24. The number of hydrogen-bond donors (Lipinski definition) is 0. The van der Waals surface area contributed by atoms with Crippen molar-refractivity contribution in [2.45, 2.75) is 26.2 Å². The van der Waals surface area contributed by atoms with Crippen LogP contribution in [0, 0.1) is 0 Å². The first-order valence-corrected chi connectivity index (χ1v) is 14.6. The molecule has 0 saturated heterocycles. The maximum atomic E-state index is 6.61. The topological polar surface area (TPSA) is 70.1 Å². The number of hydrogen-bond acceptors (Lipinski definition) is 6. The molecule has 0 aliphatic carbocycles. The largest absolute Gasteiger partial charge is 0.457 e. The lowest BCUT2D eigenvalue weighted by Gasteiger charge is -2.20. The molecule has 5 heterocycles. The Balaban J connectivity index is 1.30. The molecule has 8 heteroatoms. The molecule has 0 N–H and O–H groups in total. The molecule has 0 unspecified atom stereocenters. The van der Waals surface area contributed by atoms with E-state index in [-0.39, 0.29) is 5.41 Å². The summed E-state index contributed by atoms with van der Waals surface area (Å²) >= 11 is 1.59. The van der Waals surface area contributed by atoms with Crippen LogP contribution in [0.1, 0.15) is 26.3 Å². The molecule has 0 bridgehead atoms. The van der Waals surface area contributed by atoms with Gasteiger partial charge in [0.2, 0.25) is 4.96 Å². The molecule has 0 saturated carbocycles. The van der Waals surface area contributed by atoms with Crippen LogP contribution in [-0.2, 0) is 5.41 Å². The lowest BCUT2D eigenvalue weighted by atomic mass is 9.88. The maximum absolute atomic E-state index is 6.61. The van der Waals surface area contributed by atoms with Crippen molar-refractivity contribution in [2.75, 3.05) is 0 Å². The van der Waals surface area contributed by atoms with Crippen molar-refractivity contribution < 1.29 is 4.74 Å². The van der Waals surface area contributed by atoms with Crippen LogP contribution in [0.15, 0.2) is 104 Å². The zero-order valence-electron chi connectivity index (χ0n) is 23.3. The highest BCUT2D eigenvalue weighted by Gasteiger charge is 2.19. The minimum absolute atomic E-state index is 0.00647. The molecule has 0 aliphatic heterocycles. The van der Waals surface area contributed by atoms with Gasteiger partial charge in [-0.1, -0.05) is 56.4 Å². The third-order valence-corrected chi connectivity index (χ3v) is 8.77. The third-order valence-electron chi connectivity index (χ3n) is 7.67. The van der Waals surface area contributed by atoms with Crippen molar-refractivity contribution >= 4 is 48.3 Å². The number of nitrogens with zero attached hydrogens (tertiary/aromatic N) is 6. The van der Waals surface area contributed by atoms with Crippen LogP contribution >= 0.6 is 11.3 Å². The molecule has 0 amide bonds. The number of benzene rings is 3. The lowest BCUT2D eigenvalue weighted by molar-refractivity contribution is 0.484. The van der Waals surface area contributed by atoms with Gasteiger partial charge >= 0.3 is 0 Å². The number of rotatable bonds is 4. The van der Waals surface area contributed by atoms with Crippen molar-refractivity contribution in [3.8, 4) is 28.6 Å². The summed E-state index contributed by atoms with van der Waals surface area (Å²) in [4.78, 5) is 10.3. The van der Waals surface area contributed by atoms with E-state index in [0.29, 0.717) is 5.75 Å². The summed E-state index contributed by atoms with van der Waals surface area (Å²) in [7, 11) is 0. The molecule has 42 heavy (non-hydrogen) atoms. The molecular weight excluding hydrogens is 540 g/mol. The highest BCUT2D eigenvalue weighted by atomic mass is 32.1. The first-order chi connectivity index (χ1) is 20.4. The fraction of sp³-hybridized carbons (Fsp3) is 0.118. The van der Waals surface area contributed by atoms with E-state index in [2.05, 4.69) is 95.1 Å². The smallest absolute Gasteiger partial charge is 0.217 e. The number of thiazole rings is 1. The second kappa shape index (κ2) is 9.22. The number of para-hydroxylation sites is 1. The van der Waals surface area contributed by atoms with Crippen LogP contribution in [0.2, 0.25) is 0 Å². The van der Waals surface area contributed by atoms with Gasteiger partial charge in [-0.05, 0) is 59.5 Å². The molecule has 0 aliphatic rings. The monoisotopic (exact) mass is 566 g/mol. The van der Waals surface area contributed by atoms with Crippen LogP contribution in [0.5, 0.6) is 11.5 Å². The Morgan fingerprint density at radius 1 is 0.738 bits per heavy atom. The van der Waals surface area contributed by atoms with Gasteiger partial charge in [0, 0.05) is 40.9 Å². The quantitative estimate of drug-likeness (QED) is 0.213. The molecule has 0 spiro atoms. The Bertz CT molecular complexity index is 2270. The van der Waals surface area contributed by atoms with Gasteiger partial charge in [-0.25, -0.2) is 4.98 Å². The van der Waals surface area contributed by atoms with E-state index in [1.54, 1.807) is 17.7 Å². The van der Waals surface area contributed by atoms with E-state index in [4.69, 9.17) is 9.72 Å². The van der Waals surface area contributed by atoms with Crippen LogP contribution in [0.4, 0.5) is 0 Å². The molecule has 0 atom stereocenters. The van der Waals surface area contributed by atoms with Crippen LogP contribution in [-0.4, -0.2) is 29.1 Å². The van der Waals surface area contributed by atoms with Crippen LogP contribution in [0.25, 0.3) is 54.1 Å². The molecule has 204 valence electrons. The van der Waals surface area contributed by atoms with Gasteiger partial charge in [0.05, 0.1) is 26.9 Å². The lowest BCUT2D eigenvalue weighted by Crippen LogP contribution is -2.12. The molecular formula is C34H26N6OS. The van der Waals surface area contributed by atoms with Crippen LogP contribution < -0.4 is 4.74 Å². The van der Waals surface area contributed by atoms with Gasteiger partial charge in [0.1, 0.15) is 23.6 Å². The van der Waals surface area contributed by atoms with Gasteiger partial charge in [0.25, 0.3) is 0 Å². The van der Waals surface area contributed by atoms with E-state index in [1.165, 1.54) is 10.9 Å². The van der Waals surface area contributed by atoms with Crippen molar-refractivity contribution in [1.82, 2.24) is 29.1 Å². The first kappa shape index (κ1) is 24.7. The minimum atomic E-state index is 0.00647. The van der Waals surface area contributed by atoms with Crippen molar-refractivity contribution in [1.29, 1.82) is 0 Å². The summed E-state index contributed by atoms with van der Waals surface area (Å²) < 4.78 is 11.9. The summed E-state index contributed by atoms with van der Waals surface area (Å²) in [6, 6.07) is 29.1. The molecule has 0 radical (unpaired) electrons. The van der Waals surface area contributed by atoms with Crippen molar-refractivity contribution in [2.24, 2.45) is 0 Å². The Kier molecular flexibility index (Phi) is 5.42. The zero-order chi connectivity index (χ0) is 28.4. The fourth-order valence-corrected chi connectivity index (χ4v) is 6.65. The van der Waals surface area contributed by atoms with Gasteiger partial charge < -0.3 is 4.74 Å². The number of aromatic nitrogens is 6. The van der Waals surface area contributed by atoms with Crippen LogP contribution in [0.3, 0.4) is 0 Å². The van der Waals surface area contributed by atoms with Crippen molar-refractivity contribution in [3.05, 3.63) is 109 Å². The molecule has 7 nitrogen and oxygen atoms in total. The van der Waals surface area contributed by atoms with Gasteiger partial charge in [-0.2, -0.15) is 0 Å². The Hall–Kier alpha value is -5.08. The number of pyridine rings is 2. The van der Waals surface area contributed by atoms with E-state index in [1.807, 2.05) is 47.1 Å². The normalized spacial score (nSPS) is 12.2. The van der Waals surface area contributed by atoms with Crippen molar-refractivity contribution in [3.63, 3.8) is 0 Å². The van der Waals surface area contributed by atoms with Gasteiger partial charge in [-0.15, -0.1) is 10.2 Å². The molecule has 5 aromatic heterocycles. The third kappa shape index (κ3) is 3.94. The fourth-order valence-electron chi connectivity index (χ4n) is 5.60. The SMILES string of the molecule is CC(C)(C)c1ccnc(-n2c3ccccc3c3ccc(Oc4cc(-c5ccccn5)c5sc6nncn6c5c4)cc32)c1. The standard InChI is InChI=1S/C34H26N6OS/c1-34(2,3)21-13-15-36-31(16-21)40-28-10-5-4-8-24(28)25-12-11-22(18-29(25)40)41-23-17-26(27-9-6-7-14-35-27)32-30(19-23)39-20-37-38-33(39)42-32/h4-20H,1-3H3.